The average molecular weight is 273 g/mol. The summed E-state index contributed by atoms with van der Waals surface area (Å²) in [7, 11) is 1.76. The minimum Gasteiger partial charge on any atom is -0.481 e. The monoisotopic (exact) mass is 273 g/mol. The third-order valence-electron chi connectivity index (χ3n) is 3.00. The first-order chi connectivity index (χ1) is 9.56. The van der Waals surface area contributed by atoms with Crippen LogP contribution in [0.4, 0.5) is 0 Å². The van der Waals surface area contributed by atoms with Crippen LogP contribution in [0.2, 0.25) is 0 Å². The topological polar surface area (TPSA) is 58.2 Å². The van der Waals surface area contributed by atoms with Crippen molar-refractivity contribution in [1.29, 1.82) is 0 Å². The van der Waals surface area contributed by atoms with E-state index in [0.717, 1.165) is 11.1 Å². The molecule has 20 heavy (non-hydrogen) atoms. The third-order valence-corrected chi connectivity index (χ3v) is 3.00. The second kappa shape index (κ2) is 6.23. The van der Waals surface area contributed by atoms with Crippen LogP contribution in [0.1, 0.15) is 18.1 Å². The molecule has 1 aromatic carbocycles. The number of carbonyl (C=O) groups excluding carboxylic acids is 1. The van der Waals surface area contributed by atoms with E-state index in [-0.39, 0.29) is 5.91 Å². The van der Waals surface area contributed by atoms with Gasteiger partial charge in [0.1, 0.15) is 5.75 Å². The molecule has 0 saturated heterocycles. The highest BCUT2D eigenvalue weighted by Gasteiger charge is 2.19. The van der Waals surface area contributed by atoms with Gasteiger partial charge >= 0.3 is 0 Å². The number of ether oxygens (including phenoxy) is 1. The summed E-state index contributed by atoms with van der Waals surface area (Å²) in [5, 5.41) is 6.59. The quantitative estimate of drug-likeness (QED) is 0.908. The predicted molar refractivity (Wildman–Crippen MR) is 76.3 cm³/mol. The Morgan fingerprint density at radius 1 is 1.50 bits per heavy atom. The van der Waals surface area contributed by atoms with Gasteiger partial charge in [0.2, 0.25) is 0 Å². The number of hydrogen-bond acceptors (Lipinski definition) is 3. The lowest BCUT2D eigenvalue weighted by Gasteiger charge is -2.21. The van der Waals surface area contributed by atoms with Crippen LogP contribution in [-0.2, 0) is 11.3 Å². The standard InChI is InChI=1S/C15H19N3O2/c1-11-5-4-6-14(7-11)20-12(2)15(19)18(3)10-13-8-16-17-9-13/h4-9,12H,10H2,1-3H3,(H,16,17). The fourth-order valence-electron chi connectivity index (χ4n) is 1.97. The number of benzene rings is 1. The summed E-state index contributed by atoms with van der Waals surface area (Å²) >= 11 is 0. The molecule has 2 aromatic rings. The van der Waals surface area contributed by atoms with E-state index in [2.05, 4.69) is 10.2 Å². The normalized spacial score (nSPS) is 11.9. The Morgan fingerprint density at radius 2 is 2.30 bits per heavy atom. The minimum absolute atomic E-state index is 0.0623. The van der Waals surface area contributed by atoms with Gasteiger partial charge in [0, 0.05) is 25.4 Å². The van der Waals surface area contributed by atoms with E-state index >= 15 is 0 Å². The van der Waals surface area contributed by atoms with Gasteiger partial charge in [-0.1, -0.05) is 12.1 Å². The maximum Gasteiger partial charge on any atom is 0.263 e. The van der Waals surface area contributed by atoms with Crippen LogP contribution in [0.3, 0.4) is 0 Å². The first-order valence-electron chi connectivity index (χ1n) is 6.52. The molecule has 0 saturated carbocycles. The molecular formula is C15H19N3O2. The van der Waals surface area contributed by atoms with Crippen molar-refractivity contribution in [3.05, 3.63) is 47.8 Å². The summed E-state index contributed by atoms with van der Waals surface area (Å²) in [6.07, 6.45) is 2.96. The first-order valence-corrected chi connectivity index (χ1v) is 6.52. The first kappa shape index (κ1) is 14.1. The van der Waals surface area contributed by atoms with E-state index in [9.17, 15) is 4.79 Å². The SMILES string of the molecule is Cc1cccc(OC(C)C(=O)N(C)Cc2cn[nH]c2)c1. The van der Waals surface area contributed by atoms with Gasteiger partial charge in [0.15, 0.2) is 6.10 Å². The van der Waals surface area contributed by atoms with Gasteiger partial charge in [-0.15, -0.1) is 0 Å². The van der Waals surface area contributed by atoms with E-state index in [1.54, 1.807) is 31.3 Å². The molecule has 1 unspecified atom stereocenters. The molecule has 0 bridgehead atoms. The van der Waals surface area contributed by atoms with Crippen molar-refractivity contribution in [3.63, 3.8) is 0 Å². The number of hydrogen-bond donors (Lipinski definition) is 1. The van der Waals surface area contributed by atoms with Crippen LogP contribution in [-0.4, -0.2) is 34.2 Å². The number of amides is 1. The van der Waals surface area contributed by atoms with Crippen LogP contribution < -0.4 is 4.74 Å². The Labute approximate surface area is 118 Å². The van der Waals surface area contributed by atoms with Gasteiger partial charge in [0.05, 0.1) is 6.20 Å². The van der Waals surface area contributed by atoms with Crippen LogP contribution in [0.25, 0.3) is 0 Å². The maximum atomic E-state index is 12.2. The van der Waals surface area contributed by atoms with Crippen molar-refractivity contribution in [2.45, 2.75) is 26.5 Å². The smallest absolute Gasteiger partial charge is 0.263 e. The summed E-state index contributed by atoms with van der Waals surface area (Å²) in [5.74, 6) is 0.648. The summed E-state index contributed by atoms with van der Waals surface area (Å²) in [6, 6.07) is 7.67. The third kappa shape index (κ3) is 3.60. The Balaban J connectivity index is 1.94. The van der Waals surface area contributed by atoms with E-state index < -0.39 is 6.10 Å². The molecule has 1 atom stereocenters. The number of aryl methyl sites for hydroxylation is 1. The number of aromatic amines is 1. The zero-order chi connectivity index (χ0) is 14.5. The van der Waals surface area contributed by atoms with Gasteiger partial charge in [-0.25, -0.2) is 0 Å². The fourth-order valence-corrected chi connectivity index (χ4v) is 1.97. The van der Waals surface area contributed by atoms with E-state index in [1.165, 1.54) is 0 Å². The van der Waals surface area contributed by atoms with Crippen molar-refractivity contribution < 1.29 is 9.53 Å². The number of H-pyrrole nitrogens is 1. The fraction of sp³-hybridized carbons (Fsp3) is 0.333. The second-order valence-corrected chi connectivity index (χ2v) is 4.88. The number of nitrogens with zero attached hydrogens (tertiary/aromatic N) is 2. The molecule has 0 radical (unpaired) electrons. The van der Waals surface area contributed by atoms with Gasteiger partial charge in [0.25, 0.3) is 5.91 Å². The van der Waals surface area contributed by atoms with Crippen LogP contribution >= 0.6 is 0 Å². The predicted octanol–water partition coefficient (Wildman–Crippen LogP) is 2.14. The molecule has 0 aliphatic rings. The summed E-state index contributed by atoms with van der Waals surface area (Å²) in [4.78, 5) is 13.9. The number of likely N-dealkylation sites (N-methyl/N-ethyl adjacent to an activating group) is 1. The highest BCUT2D eigenvalue weighted by atomic mass is 16.5. The van der Waals surface area contributed by atoms with Crippen molar-refractivity contribution in [2.75, 3.05) is 7.05 Å². The maximum absolute atomic E-state index is 12.2. The summed E-state index contributed by atoms with van der Waals surface area (Å²) < 4.78 is 5.68. The molecule has 0 aliphatic carbocycles. The Hall–Kier alpha value is -2.30. The summed E-state index contributed by atoms with van der Waals surface area (Å²) in [6.45, 7) is 4.26. The van der Waals surface area contributed by atoms with E-state index in [1.807, 2.05) is 31.2 Å². The van der Waals surface area contributed by atoms with Crippen molar-refractivity contribution in [1.82, 2.24) is 15.1 Å². The molecular weight excluding hydrogens is 254 g/mol. The van der Waals surface area contributed by atoms with E-state index in [4.69, 9.17) is 4.74 Å². The van der Waals surface area contributed by atoms with Gasteiger partial charge in [-0.2, -0.15) is 5.10 Å². The number of rotatable bonds is 5. The van der Waals surface area contributed by atoms with Crippen LogP contribution in [0.5, 0.6) is 5.75 Å². The molecule has 1 N–H and O–H groups in total. The molecule has 2 rings (SSSR count). The van der Waals surface area contributed by atoms with Gasteiger partial charge in [-0.3, -0.25) is 9.89 Å². The zero-order valence-corrected chi connectivity index (χ0v) is 12.0. The molecule has 5 nitrogen and oxygen atoms in total. The van der Waals surface area contributed by atoms with Gasteiger partial charge < -0.3 is 9.64 Å². The second-order valence-electron chi connectivity index (χ2n) is 4.88. The Bertz CT molecular complexity index is 566. The van der Waals surface area contributed by atoms with Crippen LogP contribution in [0.15, 0.2) is 36.7 Å². The molecule has 0 fully saturated rings. The molecule has 5 heteroatoms. The van der Waals surface area contributed by atoms with Crippen LogP contribution in [0, 0.1) is 6.92 Å². The number of carbonyl (C=O) groups is 1. The van der Waals surface area contributed by atoms with E-state index in [0.29, 0.717) is 12.3 Å². The van der Waals surface area contributed by atoms with Crippen molar-refractivity contribution >= 4 is 5.91 Å². The lowest BCUT2D eigenvalue weighted by atomic mass is 10.2. The zero-order valence-electron chi connectivity index (χ0n) is 12.0. The van der Waals surface area contributed by atoms with Gasteiger partial charge in [-0.05, 0) is 31.5 Å². The lowest BCUT2D eigenvalue weighted by molar-refractivity contribution is -0.137. The molecule has 0 spiro atoms. The van der Waals surface area contributed by atoms with Crippen molar-refractivity contribution in [2.24, 2.45) is 0 Å². The summed E-state index contributed by atoms with van der Waals surface area (Å²) in [5.41, 5.74) is 2.07. The Kier molecular flexibility index (Phi) is 4.40. The molecule has 1 aromatic heterocycles. The largest absolute Gasteiger partial charge is 0.481 e. The van der Waals surface area contributed by atoms with Crippen molar-refractivity contribution in [3.8, 4) is 5.75 Å². The molecule has 1 amide bonds. The number of aromatic nitrogens is 2. The average Bonchev–Trinajstić information content (AvgIpc) is 2.90. The minimum atomic E-state index is -0.520. The molecule has 1 heterocycles. The molecule has 106 valence electrons. The highest BCUT2D eigenvalue weighted by molar-refractivity contribution is 5.80. The Morgan fingerprint density at radius 3 is 2.95 bits per heavy atom. The highest BCUT2D eigenvalue weighted by Crippen LogP contribution is 2.15. The molecule has 0 aliphatic heterocycles. The number of nitrogens with one attached hydrogen (secondary N) is 1. The lowest BCUT2D eigenvalue weighted by Crippen LogP contribution is -2.37.